The van der Waals surface area contributed by atoms with Crippen LogP contribution in [0.2, 0.25) is 0 Å². The molecule has 114 valence electrons. The van der Waals surface area contributed by atoms with Crippen molar-refractivity contribution in [2.24, 2.45) is 0 Å². The minimum atomic E-state index is -3.09. The minimum Gasteiger partial charge on any atom is -0.333 e. The predicted molar refractivity (Wildman–Crippen MR) is 77.2 cm³/mol. The maximum atomic E-state index is 13.8. The molecule has 0 aromatic heterocycles. The van der Waals surface area contributed by atoms with Gasteiger partial charge in [0.2, 0.25) is 0 Å². The third-order valence-corrected chi connectivity index (χ3v) is 6.23. The summed E-state index contributed by atoms with van der Waals surface area (Å²) >= 11 is 0. The van der Waals surface area contributed by atoms with Crippen LogP contribution in [0, 0.1) is 5.82 Å². The number of piperidine rings is 1. The van der Waals surface area contributed by atoms with E-state index in [9.17, 15) is 17.6 Å². The molecule has 2 aliphatic rings. The first kappa shape index (κ1) is 14.5. The van der Waals surface area contributed by atoms with Gasteiger partial charge in [0.15, 0.2) is 0 Å². The van der Waals surface area contributed by atoms with Crippen LogP contribution in [0.25, 0.3) is 0 Å². The highest BCUT2D eigenvalue weighted by molar-refractivity contribution is 7.91. The van der Waals surface area contributed by atoms with E-state index in [-0.39, 0.29) is 28.8 Å². The Labute approximate surface area is 123 Å². The molecule has 0 saturated carbocycles. The summed E-state index contributed by atoms with van der Waals surface area (Å²) in [5.41, 5.74) is 0.0761. The van der Waals surface area contributed by atoms with Crippen LogP contribution in [-0.4, -0.2) is 42.8 Å². The van der Waals surface area contributed by atoms with Gasteiger partial charge in [-0.05, 0) is 37.8 Å². The normalized spacial score (nSPS) is 28.7. The average Bonchev–Trinajstić information content (AvgIpc) is 2.67. The molecular weight excluding hydrogens is 293 g/mol. The lowest BCUT2D eigenvalue weighted by Gasteiger charge is -2.38. The average molecular weight is 311 g/mol. The standard InChI is InChI=1S/C15H18FNO3S/c1-21(19,20)12-8-10-6-7-11(9-12)17(10)15(18)13-4-2-3-5-14(13)16/h2-5,10-12H,6-9H2,1H3. The molecule has 2 unspecified atom stereocenters. The van der Waals surface area contributed by atoms with Gasteiger partial charge < -0.3 is 4.90 Å². The molecule has 2 fully saturated rings. The molecule has 0 radical (unpaired) electrons. The summed E-state index contributed by atoms with van der Waals surface area (Å²) in [6.45, 7) is 0. The smallest absolute Gasteiger partial charge is 0.257 e. The van der Waals surface area contributed by atoms with Crippen molar-refractivity contribution in [3.8, 4) is 0 Å². The van der Waals surface area contributed by atoms with Gasteiger partial charge in [-0.15, -0.1) is 0 Å². The highest BCUT2D eigenvalue weighted by Gasteiger charge is 2.46. The molecule has 1 amide bonds. The Morgan fingerprint density at radius 2 is 1.76 bits per heavy atom. The fraction of sp³-hybridized carbons (Fsp3) is 0.533. The zero-order valence-electron chi connectivity index (χ0n) is 11.8. The first-order valence-electron chi connectivity index (χ1n) is 7.14. The molecule has 0 aliphatic carbocycles. The highest BCUT2D eigenvalue weighted by atomic mass is 32.2. The summed E-state index contributed by atoms with van der Waals surface area (Å²) in [7, 11) is -3.09. The molecular formula is C15H18FNO3S. The fourth-order valence-corrected chi connectivity index (χ4v) is 4.73. The maximum absolute atomic E-state index is 13.8. The summed E-state index contributed by atoms with van der Waals surface area (Å²) in [6.07, 6.45) is 3.80. The van der Waals surface area contributed by atoms with Crippen LogP contribution >= 0.6 is 0 Å². The number of hydrogen-bond acceptors (Lipinski definition) is 3. The van der Waals surface area contributed by atoms with E-state index in [0.717, 1.165) is 12.8 Å². The number of halogens is 1. The molecule has 2 saturated heterocycles. The zero-order valence-corrected chi connectivity index (χ0v) is 12.6. The van der Waals surface area contributed by atoms with Gasteiger partial charge in [0.1, 0.15) is 15.7 Å². The number of fused-ring (bicyclic) bond motifs is 2. The molecule has 2 bridgehead atoms. The quantitative estimate of drug-likeness (QED) is 0.839. The van der Waals surface area contributed by atoms with Crippen LogP contribution < -0.4 is 0 Å². The van der Waals surface area contributed by atoms with Gasteiger partial charge in [-0.25, -0.2) is 12.8 Å². The molecule has 0 N–H and O–H groups in total. The monoisotopic (exact) mass is 311 g/mol. The second-order valence-corrected chi connectivity index (χ2v) is 8.33. The topological polar surface area (TPSA) is 54.5 Å². The fourth-order valence-electron chi connectivity index (χ4n) is 3.58. The highest BCUT2D eigenvalue weighted by Crippen LogP contribution is 2.39. The molecule has 6 heteroatoms. The van der Waals surface area contributed by atoms with Gasteiger partial charge in [0, 0.05) is 18.3 Å². The van der Waals surface area contributed by atoms with Crippen LogP contribution in [0.1, 0.15) is 36.0 Å². The van der Waals surface area contributed by atoms with E-state index in [4.69, 9.17) is 0 Å². The van der Waals surface area contributed by atoms with Crippen molar-refractivity contribution in [2.75, 3.05) is 6.26 Å². The molecule has 2 atom stereocenters. The van der Waals surface area contributed by atoms with Crippen LogP contribution in [0.3, 0.4) is 0 Å². The summed E-state index contributed by atoms with van der Waals surface area (Å²) in [5, 5.41) is -0.375. The molecule has 3 rings (SSSR count). The number of hydrogen-bond donors (Lipinski definition) is 0. The van der Waals surface area contributed by atoms with E-state index in [1.54, 1.807) is 17.0 Å². The second kappa shape index (κ2) is 5.09. The molecule has 2 heterocycles. The Bertz CT molecular complexity index is 659. The maximum Gasteiger partial charge on any atom is 0.257 e. The van der Waals surface area contributed by atoms with E-state index in [1.165, 1.54) is 18.4 Å². The number of amides is 1. The van der Waals surface area contributed by atoms with Crippen molar-refractivity contribution in [1.29, 1.82) is 0 Å². The van der Waals surface area contributed by atoms with Crippen molar-refractivity contribution in [3.05, 3.63) is 35.6 Å². The van der Waals surface area contributed by atoms with Gasteiger partial charge in [-0.3, -0.25) is 4.79 Å². The van der Waals surface area contributed by atoms with Crippen LogP contribution in [0.15, 0.2) is 24.3 Å². The summed E-state index contributed by atoms with van der Waals surface area (Å²) in [4.78, 5) is 14.3. The first-order valence-corrected chi connectivity index (χ1v) is 9.09. The molecule has 21 heavy (non-hydrogen) atoms. The Balaban J connectivity index is 1.86. The van der Waals surface area contributed by atoms with Crippen molar-refractivity contribution in [2.45, 2.75) is 43.0 Å². The van der Waals surface area contributed by atoms with Gasteiger partial charge in [-0.1, -0.05) is 12.1 Å². The van der Waals surface area contributed by atoms with Gasteiger partial charge in [0.05, 0.1) is 10.8 Å². The number of nitrogens with zero attached hydrogens (tertiary/aromatic N) is 1. The van der Waals surface area contributed by atoms with E-state index in [1.807, 2.05) is 0 Å². The Morgan fingerprint density at radius 1 is 1.19 bits per heavy atom. The van der Waals surface area contributed by atoms with E-state index < -0.39 is 15.7 Å². The van der Waals surface area contributed by atoms with Crippen LogP contribution in [-0.2, 0) is 9.84 Å². The van der Waals surface area contributed by atoms with Crippen LogP contribution in [0.4, 0.5) is 4.39 Å². The van der Waals surface area contributed by atoms with E-state index in [2.05, 4.69) is 0 Å². The van der Waals surface area contributed by atoms with E-state index >= 15 is 0 Å². The summed E-state index contributed by atoms with van der Waals surface area (Å²) < 4.78 is 37.3. The van der Waals surface area contributed by atoms with E-state index in [0.29, 0.717) is 12.8 Å². The second-order valence-electron chi connectivity index (χ2n) is 6.00. The number of benzene rings is 1. The molecule has 0 spiro atoms. The first-order chi connectivity index (χ1) is 9.88. The SMILES string of the molecule is CS(=O)(=O)C1CC2CCC(C1)N2C(=O)c1ccccc1F. The zero-order chi connectivity index (χ0) is 15.2. The number of rotatable bonds is 2. The van der Waals surface area contributed by atoms with Gasteiger partial charge in [0.25, 0.3) is 5.91 Å². The summed E-state index contributed by atoms with van der Waals surface area (Å²) in [6, 6.07) is 5.78. The number of sulfone groups is 1. The molecule has 1 aromatic carbocycles. The molecule has 2 aliphatic heterocycles. The van der Waals surface area contributed by atoms with Crippen molar-refractivity contribution in [3.63, 3.8) is 0 Å². The third kappa shape index (κ3) is 2.57. The summed E-state index contributed by atoms with van der Waals surface area (Å²) in [5.74, 6) is -0.834. The number of carbonyl (C=O) groups excluding carboxylic acids is 1. The Kier molecular flexibility index (Phi) is 3.51. The molecule has 4 nitrogen and oxygen atoms in total. The van der Waals surface area contributed by atoms with Crippen molar-refractivity contribution in [1.82, 2.24) is 4.90 Å². The lowest BCUT2D eigenvalue weighted by atomic mass is 10.0. The number of carbonyl (C=O) groups is 1. The predicted octanol–water partition coefficient (Wildman–Crippen LogP) is 2.01. The van der Waals surface area contributed by atoms with Gasteiger partial charge in [-0.2, -0.15) is 0 Å². The minimum absolute atomic E-state index is 0.0761. The Morgan fingerprint density at radius 3 is 2.29 bits per heavy atom. The Hall–Kier alpha value is -1.43. The third-order valence-electron chi connectivity index (χ3n) is 4.63. The molecule has 1 aromatic rings. The largest absolute Gasteiger partial charge is 0.333 e. The lowest BCUT2D eigenvalue weighted by molar-refractivity contribution is 0.0593. The van der Waals surface area contributed by atoms with Crippen LogP contribution in [0.5, 0.6) is 0 Å². The van der Waals surface area contributed by atoms with Crippen molar-refractivity contribution < 1.29 is 17.6 Å². The van der Waals surface area contributed by atoms with Crippen molar-refractivity contribution >= 4 is 15.7 Å². The lowest BCUT2D eigenvalue weighted by Crippen LogP contribution is -2.49. The van der Waals surface area contributed by atoms with Gasteiger partial charge >= 0.3 is 0 Å².